The summed E-state index contributed by atoms with van der Waals surface area (Å²) in [6.07, 6.45) is 1.66. The van der Waals surface area contributed by atoms with E-state index < -0.39 is 0 Å². The van der Waals surface area contributed by atoms with Gasteiger partial charge in [-0.2, -0.15) is 16.9 Å². The molecule has 15 heavy (non-hydrogen) atoms. The van der Waals surface area contributed by atoms with E-state index in [0.29, 0.717) is 0 Å². The number of hydrazone groups is 1. The molecule has 2 N–H and O–H groups in total. The number of rotatable bonds is 2. The second-order valence-electron chi connectivity index (χ2n) is 3.47. The highest BCUT2D eigenvalue weighted by molar-refractivity contribution is 7.99. The summed E-state index contributed by atoms with van der Waals surface area (Å²) in [5.74, 6) is 7.55. The highest BCUT2D eigenvalue weighted by Crippen LogP contribution is 2.19. The minimum Gasteiger partial charge on any atom is -0.370 e. The van der Waals surface area contributed by atoms with Crippen LogP contribution in [0, 0.1) is 0 Å². The van der Waals surface area contributed by atoms with E-state index in [1.807, 2.05) is 23.9 Å². The molecule has 0 aromatic heterocycles. The van der Waals surface area contributed by atoms with E-state index in [9.17, 15) is 0 Å². The average Bonchev–Trinajstić information content (AvgIpc) is 2.32. The lowest BCUT2D eigenvalue weighted by atomic mass is 10.2. The van der Waals surface area contributed by atoms with Crippen molar-refractivity contribution in [3.05, 3.63) is 29.8 Å². The van der Waals surface area contributed by atoms with Crippen LogP contribution in [0.1, 0.15) is 5.56 Å². The largest absolute Gasteiger partial charge is 0.370 e. The quantitative estimate of drug-likeness (QED) is 0.468. The van der Waals surface area contributed by atoms with E-state index >= 15 is 0 Å². The molecule has 1 saturated heterocycles. The molecule has 0 spiro atoms. The first-order valence-corrected chi connectivity index (χ1v) is 6.21. The third-order valence-corrected chi connectivity index (χ3v) is 3.44. The maximum absolute atomic E-state index is 5.10. The summed E-state index contributed by atoms with van der Waals surface area (Å²) >= 11 is 2.03. The first kappa shape index (κ1) is 10.4. The lowest BCUT2D eigenvalue weighted by Gasteiger charge is -2.28. The summed E-state index contributed by atoms with van der Waals surface area (Å²) in [6, 6.07) is 8.36. The van der Waals surface area contributed by atoms with Crippen molar-refractivity contribution in [3.8, 4) is 0 Å². The van der Waals surface area contributed by atoms with E-state index in [1.54, 1.807) is 6.21 Å². The molecule has 0 saturated carbocycles. The number of benzene rings is 1. The topological polar surface area (TPSA) is 41.6 Å². The van der Waals surface area contributed by atoms with Gasteiger partial charge in [-0.15, -0.1) is 0 Å². The van der Waals surface area contributed by atoms with Gasteiger partial charge in [-0.25, -0.2) is 0 Å². The summed E-state index contributed by atoms with van der Waals surface area (Å²) in [4.78, 5) is 2.42. The zero-order valence-corrected chi connectivity index (χ0v) is 9.41. The molecule has 1 aromatic carbocycles. The number of nitrogens with zero attached hydrogens (tertiary/aromatic N) is 2. The zero-order chi connectivity index (χ0) is 10.5. The minimum atomic E-state index is 1.05. The molecule has 3 nitrogen and oxygen atoms in total. The molecule has 80 valence electrons. The molecular formula is C11H15N3S. The smallest absolute Gasteiger partial charge is 0.0538 e. The lowest BCUT2D eigenvalue weighted by molar-refractivity contribution is 0.859. The van der Waals surface area contributed by atoms with Crippen molar-refractivity contribution < 1.29 is 0 Å². The van der Waals surface area contributed by atoms with Crippen LogP contribution in [0.15, 0.2) is 29.4 Å². The van der Waals surface area contributed by atoms with Gasteiger partial charge in [-0.05, 0) is 17.7 Å². The maximum Gasteiger partial charge on any atom is 0.0538 e. The number of hydrogen-bond acceptors (Lipinski definition) is 4. The second kappa shape index (κ2) is 5.07. The van der Waals surface area contributed by atoms with E-state index in [2.05, 4.69) is 22.1 Å². The van der Waals surface area contributed by atoms with Gasteiger partial charge in [-0.3, -0.25) is 0 Å². The number of hydrogen-bond donors (Lipinski definition) is 1. The molecule has 2 rings (SSSR count). The molecule has 0 unspecified atom stereocenters. The van der Waals surface area contributed by atoms with Crippen molar-refractivity contribution in [1.29, 1.82) is 0 Å². The molecule has 4 heteroatoms. The fourth-order valence-electron chi connectivity index (χ4n) is 1.68. The van der Waals surface area contributed by atoms with Gasteiger partial charge in [0.2, 0.25) is 0 Å². The van der Waals surface area contributed by atoms with E-state index in [4.69, 9.17) is 5.84 Å². The first-order valence-electron chi connectivity index (χ1n) is 5.06. The Morgan fingerprint density at radius 3 is 2.47 bits per heavy atom. The first-order chi connectivity index (χ1) is 7.40. The summed E-state index contributed by atoms with van der Waals surface area (Å²) in [6.45, 7) is 2.30. The Balaban J connectivity index is 2.08. The van der Waals surface area contributed by atoms with E-state index in [-0.39, 0.29) is 0 Å². The van der Waals surface area contributed by atoms with Crippen molar-refractivity contribution in [2.24, 2.45) is 10.9 Å². The molecule has 1 fully saturated rings. The Labute approximate surface area is 94.3 Å². The van der Waals surface area contributed by atoms with Crippen LogP contribution < -0.4 is 10.7 Å². The normalized spacial score (nSPS) is 17.2. The Bertz CT molecular complexity index is 328. The summed E-state index contributed by atoms with van der Waals surface area (Å²) in [7, 11) is 0. The van der Waals surface area contributed by atoms with Crippen LogP contribution in [0.2, 0.25) is 0 Å². The summed E-state index contributed by atoms with van der Waals surface area (Å²) in [5.41, 5.74) is 2.34. The van der Waals surface area contributed by atoms with Gasteiger partial charge < -0.3 is 10.7 Å². The molecule has 0 aliphatic carbocycles. The van der Waals surface area contributed by atoms with Crippen LogP contribution in [-0.4, -0.2) is 30.8 Å². The SMILES string of the molecule is NN=Cc1ccc(N2CCSCC2)cc1. The molecule has 0 atom stereocenters. The van der Waals surface area contributed by atoms with Crippen molar-refractivity contribution in [3.63, 3.8) is 0 Å². The standard InChI is InChI=1S/C11H15N3S/c12-13-9-10-1-3-11(4-2-10)14-5-7-15-8-6-14/h1-4,9H,5-8,12H2. The van der Waals surface area contributed by atoms with Gasteiger partial charge >= 0.3 is 0 Å². The van der Waals surface area contributed by atoms with Gasteiger partial charge in [0, 0.05) is 30.3 Å². The predicted octanol–water partition coefficient (Wildman–Crippen LogP) is 1.53. The zero-order valence-electron chi connectivity index (χ0n) is 8.60. The second-order valence-corrected chi connectivity index (χ2v) is 4.69. The molecule has 1 aliphatic heterocycles. The highest BCUT2D eigenvalue weighted by Gasteiger charge is 2.10. The lowest BCUT2D eigenvalue weighted by Crippen LogP contribution is -2.32. The van der Waals surface area contributed by atoms with Crippen LogP contribution in [0.4, 0.5) is 5.69 Å². The van der Waals surface area contributed by atoms with Crippen LogP contribution in [0.3, 0.4) is 0 Å². The van der Waals surface area contributed by atoms with Crippen LogP contribution in [0.25, 0.3) is 0 Å². The minimum absolute atomic E-state index is 1.05. The van der Waals surface area contributed by atoms with Gasteiger partial charge in [0.05, 0.1) is 6.21 Å². The summed E-state index contributed by atoms with van der Waals surface area (Å²) < 4.78 is 0. The van der Waals surface area contributed by atoms with E-state index in [1.165, 1.54) is 17.2 Å². The fraction of sp³-hybridized carbons (Fsp3) is 0.364. The third kappa shape index (κ3) is 2.65. The maximum atomic E-state index is 5.10. The molecular weight excluding hydrogens is 206 g/mol. The van der Waals surface area contributed by atoms with Crippen molar-refractivity contribution in [2.45, 2.75) is 0 Å². The Hall–Kier alpha value is -1.16. The van der Waals surface area contributed by atoms with E-state index in [0.717, 1.165) is 18.7 Å². The van der Waals surface area contributed by atoms with Crippen LogP contribution >= 0.6 is 11.8 Å². The fourth-order valence-corrected chi connectivity index (χ4v) is 2.58. The molecule has 1 heterocycles. The average molecular weight is 221 g/mol. The summed E-state index contributed by atoms with van der Waals surface area (Å²) in [5, 5.41) is 3.51. The Morgan fingerprint density at radius 1 is 1.20 bits per heavy atom. The van der Waals surface area contributed by atoms with Crippen molar-refractivity contribution >= 4 is 23.7 Å². The Kier molecular flexibility index (Phi) is 3.50. The van der Waals surface area contributed by atoms with Gasteiger partial charge in [0.25, 0.3) is 0 Å². The van der Waals surface area contributed by atoms with Crippen LogP contribution in [0.5, 0.6) is 0 Å². The number of thioether (sulfide) groups is 1. The van der Waals surface area contributed by atoms with Gasteiger partial charge in [0.1, 0.15) is 0 Å². The van der Waals surface area contributed by atoms with Gasteiger partial charge in [-0.1, -0.05) is 12.1 Å². The predicted molar refractivity (Wildman–Crippen MR) is 67.8 cm³/mol. The number of anilines is 1. The molecule has 1 aromatic rings. The van der Waals surface area contributed by atoms with Crippen molar-refractivity contribution in [1.82, 2.24) is 0 Å². The molecule has 0 radical (unpaired) electrons. The monoisotopic (exact) mass is 221 g/mol. The number of nitrogens with two attached hydrogens (primary N) is 1. The van der Waals surface area contributed by atoms with Crippen LogP contribution in [-0.2, 0) is 0 Å². The molecule has 1 aliphatic rings. The molecule has 0 amide bonds. The Morgan fingerprint density at radius 2 is 1.87 bits per heavy atom. The highest BCUT2D eigenvalue weighted by atomic mass is 32.2. The van der Waals surface area contributed by atoms with Crippen molar-refractivity contribution in [2.75, 3.05) is 29.5 Å². The van der Waals surface area contributed by atoms with Gasteiger partial charge in [0.15, 0.2) is 0 Å². The third-order valence-electron chi connectivity index (χ3n) is 2.49. The molecule has 0 bridgehead atoms.